The van der Waals surface area contributed by atoms with Crippen molar-refractivity contribution in [1.82, 2.24) is 20.1 Å². The highest BCUT2D eigenvalue weighted by Crippen LogP contribution is 2.02. The molecule has 5 heteroatoms. The van der Waals surface area contributed by atoms with Crippen molar-refractivity contribution < 1.29 is 4.79 Å². The van der Waals surface area contributed by atoms with Crippen molar-refractivity contribution >= 4 is 5.91 Å². The van der Waals surface area contributed by atoms with Gasteiger partial charge in [0.05, 0.1) is 5.69 Å². The molecule has 1 amide bonds. The van der Waals surface area contributed by atoms with E-state index in [-0.39, 0.29) is 12.5 Å². The largest absolute Gasteiger partial charge is 0.350 e. The van der Waals surface area contributed by atoms with Crippen molar-refractivity contribution in [2.24, 2.45) is 0 Å². The molecule has 0 unspecified atom stereocenters. The number of hydrogen-bond acceptors (Lipinski definition) is 3. The van der Waals surface area contributed by atoms with Crippen LogP contribution in [-0.2, 0) is 17.9 Å². The Morgan fingerprint density at radius 2 is 2.05 bits per heavy atom. The Morgan fingerprint density at radius 1 is 1.26 bits per heavy atom. The van der Waals surface area contributed by atoms with Crippen molar-refractivity contribution in [3.8, 4) is 0 Å². The number of carbonyl (C=O) groups excluding carboxylic acids is 1. The van der Waals surface area contributed by atoms with E-state index in [1.165, 1.54) is 0 Å². The summed E-state index contributed by atoms with van der Waals surface area (Å²) in [6.07, 6.45) is 1.78. The lowest BCUT2D eigenvalue weighted by Gasteiger charge is -2.07. The second-order valence-electron chi connectivity index (χ2n) is 4.67. The minimum atomic E-state index is -0.0493. The Balaban J connectivity index is 1.88. The highest BCUT2D eigenvalue weighted by molar-refractivity contribution is 5.75. The summed E-state index contributed by atoms with van der Waals surface area (Å²) >= 11 is 0. The lowest BCUT2D eigenvalue weighted by molar-refractivity contribution is -0.122. The molecule has 0 spiro atoms. The third-order valence-corrected chi connectivity index (χ3v) is 2.86. The zero-order valence-electron chi connectivity index (χ0n) is 11.5. The number of aryl methyl sites for hydroxylation is 3. The van der Waals surface area contributed by atoms with Gasteiger partial charge in [0, 0.05) is 24.1 Å². The monoisotopic (exact) mass is 258 g/mol. The Kier molecular flexibility index (Phi) is 3.94. The number of aromatic nitrogens is 3. The fourth-order valence-electron chi connectivity index (χ4n) is 1.83. The number of carbonyl (C=O) groups is 1. The number of nitrogens with one attached hydrogen (secondary N) is 1. The van der Waals surface area contributed by atoms with E-state index in [0.717, 1.165) is 22.6 Å². The van der Waals surface area contributed by atoms with Crippen LogP contribution in [0.15, 0.2) is 24.4 Å². The summed E-state index contributed by atoms with van der Waals surface area (Å²) in [5.41, 5.74) is 3.88. The standard InChI is InChI=1S/C14H18N4O/c1-10-4-5-13(7-15-10)8-16-14(19)9-18-12(3)6-11(2)17-18/h4-7H,8-9H2,1-3H3,(H,16,19). The molecular formula is C14H18N4O. The number of pyridine rings is 1. The Labute approximate surface area is 112 Å². The summed E-state index contributed by atoms with van der Waals surface area (Å²) in [7, 11) is 0. The van der Waals surface area contributed by atoms with Gasteiger partial charge < -0.3 is 5.32 Å². The molecule has 0 saturated carbocycles. The van der Waals surface area contributed by atoms with Gasteiger partial charge in [0.2, 0.25) is 5.91 Å². The average molecular weight is 258 g/mol. The summed E-state index contributed by atoms with van der Waals surface area (Å²) in [4.78, 5) is 16.0. The van der Waals surface area contributed by atoms with Crippen molar-refractivity contribution in [3.63, 3.8) is 0 Å². The Hall–Kier alpha value is -2.17. The molecule has 0 radical (unpaired) electrons. The van der Waals surface area contributed by atoms with Crippen LogP contribution >= 0.6 is 0 Å². The van der Waals surface area contributed by atoms with Crippen LogP contribution in [0.2, 0.25) is 0 Å². The van der Waals surface area contributed by atoms with E-state index in [0.29, 0.717) is 6.54 Å². The maximum atomic E-state index is 11.8. The van der Waals surface area contributed by atoms with E-state index in [1.54, 1.807) is 10.9 Å². The molecule has 0 aromatic carbocycles. The molecule has 0 saturated heterocycles. The van der Waals surface area contributed by atoms with E-state index in [4.69, 9.17) is 0 Å². The van der Waals surface area contributed by atoms with Gasteiger partial charge in [0.1, 0.15) is 6.54 Å². The van der Waals surface area contributed by atoms with E-state index in [2.05, 4.69) is 15.4 Å². The number of hydrogen-bond donors (Lipinski definition) is 1. The van der Waals surface area contributed by atoms with Gasteiger partial charge in [0.15, 0.2) is 0 Å². The lowest BCUT2D eigenvalue weighted by Crippen LogP contribution is -2.28. The van der Waals surface area contributed by atoms with E-state index in [9.17, 15) is 4.79 Å². The molecule has 1 N–H and O–H groups in total. The second kappa shape index (κ2) is 5.65. The first-order valence-electron chi connectivity index (χ1n) is 6.24. The predicted molar refractivity (Wildman–Crippen MR) is 72.5 cm³/mol. The van der Waals surface area contributed by atoms with Crippen LogP contribution in [-0.4, -0.2) is 20.7 Å². The van der Waals surface area contributed by atoms with Crippen LogP contribution in [0.4, 0.5) is 0 Å². The predicted octanol–water partition coefficient (Wildman–Crippen LogP) is 1.52. The SMILES string of the molecule is Cc1ccc(CNC(=O)Cn2nc(C)cc2C)cn1. The number of nitrogens with zero attached hydrogens (tertiary/aromatic N) is 3. The highest BCUT2D eigenvalue weighted by Gasteiger charge is 2.06. The van der Waals surface area contributed by atoms with Crippen molar-refractivity contribution in [2.75, 3.05) is 0 Å². The minimum absolute atomic E-state index is 0.0493. The van der Waals surface area contributed by atoms with Gasteiger partial charge in [-0.15, -0.1) is 0 Å². The third kappa shape index (κ3) is 3.64. The molecule has 2 aromatic rings. The third-order valence-electron chi connectivity index (χ3n) is 2.86. The summed E-state index contributed by atoms with van der Waals surface area (Å²) in [6.45, 7) is 6.53. The van der Waals surface area contributed by atoms with Crippen LogP contribution in [0.25, 0.3) is 0 Å². The normalized spacial score (nSPS) is 10.5. The van der Waals surface area contributed by atoms with Crippen molar-refractivity contribution in [2.45, 2.75) is 33.9 Å². The summed E-state index contributed by atoms with van der Waals surface area (Å²) in [6, 6.07) is 5.85. The average Bonchev–Trinajstić information content (AvgIpc) is 2.67. The molecule has 0 aliphatic carbocycles. The topological polar surface area (TPSA) is 59.8 Å². The van der Waals surface area contributed by atoms with Gasteiger partial charge in [-0.1, -0.05) is 6.07 Å². The molecule has 100 valence electrons. The van der Waals surface area contributed by atoms with E-state index < -0.39 is 0 Å². The van der Waals surface area contributed by atoms with Crippen LogP contribution in [0.5, 0.6) is 0 Å². The zero-order valence-corrected chi connectivity index (χ0v) is 11.5. The smallest absolute Gasteiger partial charge is 0.242 e. The van der Waals surface area contributed by atoms with Crippen LogP contribution < -0.4 is 5.32 Å². The van der Waals surface area contributed by atoms with Crippen LogP contribution in [0.1, 0.15) is 22.6 Å². The molecule has 0 aliphatic heterocycles. The fourth-order valence-corrected chi connectivity index (χ4v) is 1.83. The quantitative estimate of drug-likeness (QED) is 0.904. The first-order valence-corrected chi connectivity index (χ1v) is 6.24. The van der Waals surface area contributed by atoms with Gasteiger partial charge >= 0.3 is 0 Å². The zero-order chi connectivity index (χ0) is 13.8. The van der Waals surface area contributed by atoms with Gasteiger partial charge in [-0.3, -0.25) is 14.5 Å². The fraction of sp³-hybridized carbons (Fsp3) is 0.357. The molecule has 19 heavy (non-hydrogen) atoms. The maximum absolute atomic E-state index is 11.8. The molecule has 0 bridgehead atoms. The molecule has 0 fully saturated rings. The van der Waals surface area contributed by atoms with Gasteiger partial charge in [-0.2, -0.15) is 5.10 Å². The first-order chi connectivity index (χ1) is 9.04. The molecule has 5 nitrogen and oxygen atoms in total. The summed E-state index contributed by atoms with van der Waals surface area (Å²) < 4.78 is 1.71. The maximum Gasteiger partial charge on any atom is 0.242 e. The van der Waals surface area contributed by atoms with Crippen molar-refractivity contribution in [1.29, 1.82) is 0 Å². The second-order valence-corrected chi connectivity index (χ2v) is 4.67. The van der Waals surface area contributed by atoms with Gasteiger partial charge in [-0.25, -0.2) is 0 Å². The number of amides is 1. The summed E-state index contributed by atoms with van der Waals surface area (Å²) in [5.74, 6) is -0.0493. The van der Waals surface area contributed by atoms with E-state index in [1.807, 2.05) is 39.0 Å². The molecule has 2 rings (SSSR count). The van der Waals surface area contributed by atoms with Gasteiger partial charge in [0.25, 0.3) is 0 Å². The lowest BCUT2D eigenvalue weighted by atomic mass is 10.2. The minimum Gasteiger partial charge on any atom is -0.350 e. The Bertz CT molecular complexity index is 572. The molecular weight excluding hydrogens is 240 g/mol. The first kappa shape index (κ1) is 13.3. The molecule has 0 aliphatic rings. The molecule has 0 atom stereocenters. The van der Waals surface area contributed by atoms with E-state index >= 15 is 0 Å². The van der Waals surface area contributed by atoms with Crippen LogP contribution in [0.3, 0.4) is 0 Å². The molecule has 2 heterocycles. The Morgan fingerprint density at radius 3 is 2.63 bits per heavy atom. The van der Waals surface area contributed by atoms with Crippen molar-refractivity contribution in [3.05, 3.63) is 47.0 Å². The number of rotatable bonds is 4. The summed E-state index contributed by atoms with van der Waals surface area (Å²) in [5, 5.41) is 7.12. The molecule has 2 aromatic heterocycles. The van der Waals surface area contributed by atoms with Gasteiger partial charge in [-0.05, 0) is 38.5 Å². The highest BCUT2D eigenvalue weighted by atomic mass is 16.2. The van der Waals surface area contributed by atoms with Crippen LogP contribution in [0, 0.1) is 20.8 Å².